The zero-order chi connectivity index (χ0) is 26.7. The van der Waals surface area contributed by atoms with Crippen LogP contribution in [0.3, 0.4) is 0 Å². The quantitative estimate of drug-likeness (QED) is 0.400. The lowest BCUT2D eigenvalue weighted by Crippen LogP contribution is -2.32. The van der Waals surface area contributed by atoms with Gasteiger partial charge in [0.05, 0.1) is 23.3 Å². The number of hydrogen-bond acceptors (Lipinski definition) is 5. The van der Waals surface area contributed by atoms with Crippen LogP contribution in [0.1, 0.15) is 92.5 Å². The molecule has 1 saturated carbocycles. The molecule has 9 heteroatoms. The Morgan fingerprint density at radius 2 is 1.69 bits per heavy atom. The van der Waals surface area contributed by atoms with Crippen LogP contribution in [0, 0.1) is 17.8 Å². The van der Waals surface area contributed by atoms with Gasteiger partial charge in [-0.25, -0.2) is 8.42 Å². The van der Waals surface area contributed by atoms with E-state index in [1.54, 1.807) is 19.1 Å². The molecule has 1 amide bonds. The van der Waals surface area contributed by atoms with Gasteiger partial charge < -0.3 is 10.4 Å². The fraction of sp³-hybridized carbons (Fsp3) is 0.567. The summed E-state index contributed by atoms with van der Waals surface area (Å²) in [4.78, 5) is 16.0. The monoisotopic (exact) mass is 594 g/mol. The first-order chi connectivity index (χ1) is 17.6. The van der Waals surface area contributed by atoms with E-state index in [0.717, 1.165) is 24.9 Å². The second kappa shape index (κ2) is 14.4. The van der Waals surface area contributed by atoms with Gasteiger partial charge in [-0.1, -0.05) is 58.7 Å². The molecule has 0 spiro atoms. The molecule has 1 fully saturated rings. The molecule has 0 saturated heterocycles. The Kier molecular flexibility index (Phi) is 12.4. The van der Waals surface area contributed by atoms with E-state index in [9.17, 15) is 18.3 Å². The van der Waals surface area contributed by atoms with Crippen molar-refractivity contribution in [3.8, 4) is 0 Å². The highest BCUT2D eigenvalue weighted by atomic mass is 32.2. The summed E-state index contributed by atoms with van der Waals surface area (Å²) >= 11 is 0. The van der Waals surface area contributed by atoms with Gasteiger partial charge in [-0.05, 0) is 71.6 Å². The van der Waals surface area contributed by atoms with E-state index in [2.05, 4.69) is 37.1 Å². The van der Waals surface area contributed by atoms with Gasteiger partial charge in [-0.2, -0.15) is 27.0 Å². The van der Waals surface area contributed by atoms with Crippen molar-refractivity contribution >= 4 is 42.7 Å². The van der Waals surface area contributed by atoms with Crippen molar-refractivity contribution < 1.29 is 18.3 Å². The Balaban J connectivity index is 0.00000267. The van der Waals surface area contributed by atoms with Gasteiger partial charge in [0, 0.05) is 24.7 Å². The van der Waals surface area contributed by atoms with Crippen molar-refractivity contribution in [3.63, 3.8) is 0 Å². The predicted molar refractivity (Wildman–Crippen MR) is 168 cm³/mol. The highest BCUT2D eigenvalue weighted by Crippen LogP contribution is 2.41. The summed E-state index contributed by atoms with van der Waals surface area (Å²) in [5.41, 5.74) is 3.78. The topological polar surface area (TPSA) is 86.7 Å². The predicted octanol–water partition coefficient (Wildman–Crippen LogP) is 5.51. The van der Waals surface area contributed by atoms with Crippen molar-refractivity contribution in [2.45, 2.75) is 76.9 Å². The number of fused-ring (bicyclic) bond motifs is 1. The Hall–Kier alpha value is -1.52. The summed E-state index contributed by atoms with van der Waals surface area (Å²) in [6.45, 7) is 10.2. The van der Waals surface area contributed by atoms with Crippen LogP contribution in [0.25, 0.3) is 0 Å². The number of carbonyl (C=O) groups is 1. The lowest BCUT2D eigenvalue weighted by Gasteiger charge is -2.34. The largest absolute Gasteiger partial charge is 0.394 e. The van der Waals surface area contributed by atoms with Crippen LogP contribution in [-0.2, 0) is 16.4 Å². The number of carbonyl (C=O) groups excluding carboxylic acids is 1. The summed E-state index contributed by atoms with van der Waals surface area (Å²) in [6, 6.07) is 12.1. The van der Waals surface area contributed by atoms with Crippen LogP contribution in [0.15, 0.2) is 47.4 Å². The van der Waals surface area contributed by atoms with Gasteiger partial charge in [-0.3, -0.25) is 9.69 Å². The Morgan fingerprint density at radius 3 is 2.26 bits per heavy atom. The van der Waals surface area contributed by atoms with Gasteiger partial charge in [0.25, 0.3) is 5.91 Å². The third kappa shape index (κ3) is 7.82. The molecule has 0 bridgehead atoms. The van der Waals surface area contributed by atoms with E-state index in [1.165, 1.54) is 48.9 Å². The molecule has 2 aromatic rings. The van der Waals surface area contributed by atoms with Gasteiger partial charge in [0.15, 0.2) is 9.84 Å². The average Bonchev–Trinajstić information content (AvgIpc) is 3.25. The van der Waals surface area contributed by atoms with Crippen LogP contribution in [0.5, 0.6) is 0 Å². The molecule has 0 aromatic heterocycles. The molecule has 1 heterocycles. The van der Waals surface area contributed by atoms with E-state index in [-0.39, 0.29) is 50.2 Å². The molecule has 218 valence electrons. The van der Waals surface area contributed by atoms with Crippen molar-refractivity contribution in [1.82, 2.24) is 10.2 Å². The second-order valence-corrected chi connectivity index (χ2v) is 13.6. The minimum absolute atomic E-state index is 0. The molecule has 2 atom stereocenters. The number of sulfone groups is 1. The molecule has 1 aliphatic carbocycles. The normalized spacial score (nSPS) is 21.9. The molecule has 39 heavy (non-hydrogen) atoms. The Bertz CT molecular complexity index is 1190. The summed E-state index contributed by atoms with van der Waals surface area (Å²) in [5.74, 6) is 1.87. The highest BCUT2D eigenvalue weighted by molar-refractivity contribution is 7.91. The third-order valence-electron chi connectivity index (χ3n) is 8.26. The maximum atomic E-state index is 13.2. The Morgan fingerprint density at radius 1 is 1.05 bits per heavy atom. The van der Waals surface area contributed by atoms with Crippen LogP contribution in [0.4, 0.5) is 0 Å². The first-order valence-electron chi connectivity index (χ1n) is 13.7. The van der Waals surface area contributed by atoms with Gasteiger partial charge >= 0.3 is 0 Å². The molecule has 2 N–H and O–H groups in total. The Labute approximate surface area is 248 Å². The minimum atomic E-state index is -3.30. The van der Waals surface area contributed by atoms with Crippen molar-refractivity contribution in [1.29, 1.82) is 0 Å². The molecule has 6 nitrogen and oxygen atoms in total. The lowest BCUT2D eigenvalue weighted by molar-refractivity contribution is 0.0916. The van der Waals surface area contributed by atoms with Crippen LogP contribution < -0.4 is 5.32 Å². The fourth-order valence-corrected chi connectivity index (χ4v) is 6.92. The van der Waals surface area contributed by atoms with Gasteiger partial charge in [0.1, 0.15) is 0 Å². The maximum Gasteiger partial charge on any atom is 0.251 e. The van der Waals surface area contributed by atoms with E-state index in [4.69, 9.17) is 0 Å². The number of nitrogens with one attached hydrogen (secondary N) is 1. The van der Waals surface area contributed by atoms with E-state index in [0.29, 0.717) is 23.1 Å². The van der Waals surface area contributed by atoms with Crippen molar-refractivity contribution in [2.24, 2.45) is 17.8 Å². The molecule has 0 radical (unpaired) electrons. The number of nitrogens with zero attached hydrogens (tertiary/aromatic N) is 1. The van der Waals surface area contributed by atoms with Crippen molar-refractivity contribution in [2.75, 3.05) is 18.9 Å². The number of benzene rings is 2. The van der Waals surface area contributed by atoms with Gasteiger partial charge in [0.2, 0.25) is 0 Å². The fourth-order valence-electron chi connectivity index (χ4n) is 6.04. The van der Waals surface area contributed by atoms with E-state index >= 15 is 0 Å². The smallest absolute Gasteiger partial charge is 0.251 e. The minimum Gasteiger partial charge on any atom is -0.394 e. The summed E-state index contributed by atoms with van der Waals surface area (Å²) in [7, 11) is -3.30. The number of rotatable bonds is 9. The summed E-state index contributed by atoms with van der Waals surface area (Å²) in [5, 5.41) is 12.9. The van der Waals surface area contributed by atoms with Crippen molar-refractivity contribution in [3.05, 3.63) is 64.7 Å². The molecule has 2 aliphatic rings. The zero-order valence-corrected chi connectivity index (χ0v) is 26.4. The number of aliphatic hydroxyl groups excluding tert-OH is 1. The first kappa shape index (κ1) is 33.7. The van der Waals surface area contributed by atoms with Gasteiger partial charge in [-0.15, -0.1) is 0 Å². The van der Waals surface area contributed by atoms with E-state index in [1.807, 2.05) is 12.1 Å². The highest BCUT2D eigenvalue weighted by Gasteiger charge is 2.34. The molecule has 0 unspecified atom stereocenters. The molecule has 2 aromatic carbocycles. The SMILES string of the molecule is CCS(=O)(=O)c1ccc([C@@H](CO)NC(=O)c2ccc3c(c2)CN(CC2CCC(C)CC2)[C@H]3C(C)C)cc1.S.S. The summed E-state index contributed by atoms with van der Waals surface area (Å²) in [6.07, 6.45) is 5.26. The standard InChI is InChI=1S/C30H42N2O4S.2H2S/c1-5-37(35,36)26-13-10-23(11-14-26)28(19-33)31-30(34)24-12-15-27-25(16-24)18-32(29(27)20(2)3)17-22-8-6-21(4)7-9-22;;/h10-16,20-22,28-29,33H,5-9,17-19H2,1-4H3,(H,31,34);2*1H2/t21?,22?,28-,29+;;/m1../s1. The summed E-state index contributed by atoms with van der Waals surface area (Å²) < 4.78 is 24.2. The van der Waals surface area contributed by atoms with Crippen LogP contribution in [-0.4, -0.2) is 43.2 Å². The average molecular weight is 595 g/mol. The first-order valence-corrected chi connectivity index (χ1v) is 15.4. The zero-order valence-electron chi connectivity index (χ0n) is 23.6. The van der Waals surface area contributed by atoms with Crippen LogP contribution >= 0.6 is 27.0 Å². The molecule has 1 aliphatic heterocycles. The number of amides is 1. The molecular weight excluding hydrogens is 549 g/mol. The van der Waals surface area contributed by atoms with E-state index < -0.39 is 15.9 Å². The number of hydrogen-bond donors (Lipinski definition) is 2. The lowest BCUT2D eigenvalue weighted by atomic mass is 9.82. The third-order valence-corrected chi connectivity index (χ3v) is 10.0. The maximum absolute atomic E-state index is 13.2. The molecule has 4 rings (SSSR count). The number of aliphatic hydroxyl groups is 1. The second-order valence-electron chi connectivity index (χ2n) is 11.3. The molecular formula is C30H46N2O4S3. The van der Waals surface area contributed by atoms with Crippen LogP contribution in [0.2, 0.25) is 0 Å².